The van der Waals surface area contributed by atoms with Crippen molar-refractivity contribution in [3.63, 3.8) is 0 Å². The number of anilines is 1. The van der Waals surface area contributed by atoms with Crippen LogP contribution in [0.2, 0.25) is 0 Å². The number of hydrogen-bond donors (Lipinski definition) is 1. The van der Waals surface area contributed by atoms with Crippen molar-refractivity contribution in [2.24, 2.45) is 0 Å². The molecule has 1 saturated carbocycles. The molecule has 2 nitrogen and oxygen atoms in total. The molecule has 2 N–H and O–H groups in total. The Morgan fingerprint density at radius 3 is 2.94 bits per heavy atom. The molecular weight excluding hydrogens is 228 g/mol. The molecule has 2 bridgehead atoms. The number of nitrogens with zero attached hydrogens (tertiary/aromatic N) is 1. The minimum atomic E-state index is 0.751. The molecule has 2 aromatic rings. The summed E-state index contributed by atoms with van der Waals surface area (Å²) in [6.45, 7) is 0. The highest BCUT2D eigenvalue weighted by atomic mass is 32.1. The van der Waals surface area contributed by atoms with Crippen molar-refractivity contribution in [2.45, 2.75) is 31.1 Å². The van der Waals surface area contributed by atoms with Crippen molar-refractivity contribution in [3.05, 3.63) is 34.8 Å². The zero-order valence-electron chi connectivity index (χ0n) is 9.52. The van der Waals surface area contributed by atoms with Crippen molar-refractivity contribution in [2.75, 3.05) is 5.73 Å². The van der Waals surface area contributed by atoms with Crippen LogP contribution in [0, 0.1) is 0 Å². The van der Waals surface area contributed by atoms with Gasteiger partial charge in [0.1, 0.15) is 0 Å². The van der Waals surface area contributed by atoms with Gasteiger partial charge in [0.05, 0.1) is 10.7 Å². The van der Waals surface area contributed by atoms with E-state index in [1.165, 1.54) is 30.4 Å². The van der Waals surface area contributed by atoms with Gasteiger partial charge in [-0.3, -0.25) is 4.98 Å². The predicted molar refractivity (Wildman–Crippen MR) is 71.3 cm³/mol. The molecular formula is C14H14N2S. The van der Waals surface area contributed by atoms with Crippen LogP contribution in [0.1, 0.15) is 41.5 Å². The van der Waals surface area contributed by atoms with E-state index >= 15 is 0 Å². The van der Waals surface area contributed by atoms with Crippen molar-refractivity contribution in [1.29, 1.82) is 0 Å². The summed E-state index contributed by atoms with van der Waals surface area (Å²) in [7, 11) is 0. The second-order valence-corrected chi connectivity index (χ2v) is 6.12. The van der Waals surface area contributed by atoms with Crippen molar-refractivity contribution < 1.29 is 0 Å². The van der Waals surface area contributed by atoms with E-state index in [2.05, 4.69) is 11.1 Å². The Kier molecular flexibility index (Phi) is 1.89. The summed E-state index contributed by atoms with van der Waals surface area (Å²) in [5.41, 5.74) is 10.0. The zero-order chi connectivity index (χ0) is 11.4. The highest BCUT2D eigenvalue weighted by Crippen LogP contribution is 2.60. The molecule has 0 amide bonds. The van der Waals surface area contributed by atoms with Crippen LogP contribution < -0.4 is 5.73 Å². The maximum atomic E-state index is 6.21. The van der Waals surface area contributed by atoms with E-state index in [-0.39, 0.29) is 0 Å². The number of hydrogen-bond acceptors (Lipinski definition) is 3. The second kappa shape index (κ2) is 3.33. The first-order valence-electron chi connectivity index (χ1n) is 6.18. The predicted octanol–water partition coefficient (Wildman–Crippen LogP) is 3.76. The van der Waals surface area contributed by atoms with Gasteiger partial charge in [0.15, 0.2) is 0 Å². The molecule has 2 atom stereocenters. The molecule has 2 heterocycles. The maximum Gasteiger partial charge on any atom is 0.0957 e. The summed E-state index contributed by atoms with van der Waals surface area (Å²) in [6, 6.07) is 6.07. The van der Waals surface area contributed by atoms with Gasteiger partial charge in [-0.2, -0.15) is 0 Å². The zero-order valence-corrected chi connectivity index (χ0v) is 10.3. The summed E-state index contributed by atoms with van der Waals surface area (Å²) in [5.74, 6) is 1.54. The lowest BCUT2D eigenvalue weighted by atomic mass is 9.93. The number of pyridine rings is 1. The third kappa shape index (κ3) is 1.23. The summed E-state index contributed by atoms with van der Waals surface area (Å²) in [6.07, 6.45) is 5.90. The molecule has 0 saturated heterocycles. The van der Waals surface area contributed by atoms with E-state index in [9.17, 15) is 0 Å². The number of rotatable bonds is 1. The molecule has 0 aromatic carbocycles. The quantitative estimate of drug-likeness (QED) is 0.827. The molecule has 0 spiro atoms. The van der Waals surface area contributed by atoms with Crippen molar-refractivity contribution in [3.8, 4) is 11.3 Å². The number of thiophene rings is 1. The van der Waals surface area contributed by atoms with Gasteiger partial charge < -0.3 is 5.73 Å². The molecule has 0 radical (unpaired) electrons. The Bertz CT molecular complexity index is 573. The largest absolute Gasteiger partial charge is 0.390 e. The normalized spacial score (nSPS) is 25.2. The lowest BCUT2D eigenvalue weighted by Gasteiger charge is -2.12. The van der Waals surface area contributed by atoms with Crippen LogP contribution in [-0.4, -0.2) is 4.98 Å². The molecule has 4 rings (SSSR count). The maximum absolute atomic E-state index is 6.21. The standard InChI is InChI=1S/C14H14N2S/c15-14-12(10-3-1-2-6-16-10)11-8-4-5-9(7-8)13(11)17-14/h1-3,6,8-9H,4-5,7,15H2. The second-order valence-electron chi connectivity index (χ2n) is 5.04. The van der Waals surface area contributed by atoms with Crippen LogP contribution in [-0.2, 0) is 0 Å². The van der Waals surface area contributed by atoms with Crippen molar-refractivity contribution >= 4 is 16.3 Å². The lowest BCUT2D eigenvalue weighted by molar-refractivity contribution is 0.729. The SMILES string of the molecule is Nc1sc2c(c1-c1ccccn1)C1CCC2C1. The fourth-order valence-electron chi connectivity index (χ4n) is 3.45. The fourth-order valence-corrected chi connectivity index (χ4v) is 4.76. The average Bonchev–Trinajstić information content (AvgIpc) is 3.00. The lowest BCUT2D eigenvalue weighted by Crippen LogP contribution is -1.96. The Labute approximate surface area is 105 Å². The molecule has 1 fully saturated rings. The van der Waals surface area contributed by atoms with Gasteiger partial charge in [-0.1, -0.05) is 6.07 Å². The van der Waals surface area contributed by atoms with Crippen LogP contribution >= 0.6 is 11.3 Å². The summed E-state index contributed by atoms with van der Waals surface area (Å²) in [4.78, 5) is 6.02. The van der Waals surface area contributed by atoms with Crippen LogP contribution in [0.15, 0.2) is 24.4 Å². The summed E-state index contributed by atoms with van der Waals surface area (Å²) in [5, 5.41) is 0.963. The van der Waals surface area contributed by atoms with Crippen LogP contribution in [0.25, 0.3) is 11.3 Å². The molecule has 0 aliphatic heterocycles. The van der Waals surface area contributed by atoms with Gasteiger partial charge in [0.25, 0.3) is 0 Å². The fraction of sp³-hybridized carbons (Fsp3) is 0.357. The molecule has 2 aliphatic carbocycles. The highest BCUT2D eigenvalue weighted by Gasteiger charge is 2.41. The van der Waals surface area contributed by atoms with Gasteiger partial charge >= 0.3 is 0 Å². The molecule has 2 unspecified atom stereocenters. The smallest absolute Gasteiger partial charge is 0.0957 e. The first-order valence-corrected chi connectivity index (χ1v) is 6.99. The third-order valence-electron chi connectivity index (χ3n) is 4.13. The Morgan fingerprint density at radius 1 is 1.24 bits per heavy atom. The summed E-state index contributed by atoms with van der Waals surface area (Å²) < 4.78 is 0. The van der Waals surface area contributed by atoms with E-state index in [1.807, 2.05) is 18.3 Å². The molecule has 3 heteroatoms. The van der Waals surface area contributed by atoms with Gasteiger partial charge in [0, 0.05) is 16.6 Å². The van der Waals surface area contributed by atoms with E-state index in [1.54, 1.807) is 16.2 Å². The minimum absolute atomic E-state index is 0.751. The third-order valence-corrected chi connectivity index (χ3v) is 5.33. The van der Waals surface area contributed by atoms with Crippen LogP contribution in [0.3, 0.4) is 0 Å². The van der Waals surface area contributed by atoms with Crippen LogP contribution in [0.4, 0.5) is 5.00 Å². The minimum Gasteiger partial charge on any atom is -0.390 e. The molecule has 86 valence electrons. The number of nitrogens with two attached hydrogens (primary N) is 1. The van der Waals surface area contributed by atoms with Crippen LogP contribution in [0.5, 0.6) is 0 Å². The topological polar surface area (TPSA) is 38.9 Å². The Hall–Kier alpha value is -1.35. The molecule has 2 aliphatic rings. The summed E-state index contributed by atoms with van der Waals surface area (Å²) >= 11 is 1.80. The van der Waals surface area contributed by atoms with Gasteiger partial charge in [-0.25, -0.2) is 0 Å². The van der Waals surface area contributed by atoms with Crippen molar-refractivity contribution in [1.82, 2.24) is 4.98 Å². The Balaban J connectivity index is 1.96. The number of nitrogen functional groups attached to an aromatic ring is 1. The number of fused-ring (bicyclic) bond motifs is 5. The van der Waals surface area contributed by atoms with E-state index in [0.717, 1.165) is 22.5 Å². The number of aromatic nitrogens is 1. The first-order chi connectivity index (χ1) is 8.34. The van der Waals surface area contributed by atoms with E-state index < -0.39 is 0 Å². The van der Waals surface area contributed by atoms with E-state index in [0.29, 0.717) is 0 Å². The molecule has 2 aromatic heterocycles. The highest BCUT2D eigenvalue weighted by molar-refractivity contribution is 7.17. The molecule has 17 heavy (non-hydrogen) atoms. The monoisotopic (exact) mass is 242 g/mol. The Morgan fingerprint density at radius 2 is 2.12 bits per heavy atom. The van der Waals surface area contributed by atoms with E-state index in [4.69, 9.17) is 5.73 Å². The van der Waals surface area contributed by atoms with Gasteiger partial charge in [0.2, 0.25) is 0 Å². The average molecular weight is 242 g/mol. The van der Waals surface area contributed by atoms with Gasteiger partial charge in [-0.15, -0.1) is 11.3 Å². The van der Waals surface area contributed by atoms with Gasteiger partial charge in [-0.05, 0) is 48.8 Å². The first kappa shape index (κ1) is 9.66.